The lowest BCUT2D eigenvalue weighted by Gasteiger charge is -2.09. The van der Waals surface area contributed by atoms with Gasteiger partial charge in [-0.2, -0.15) is 0 Å². The van der Waals surface area contributed by atoms with Gasteiger partial charge in [-0.1, -0.05) is 31.5 Å². The van der Waals surface area contributed by atoms with Gasteiger partial charge in [-0.3, -0.25) is 24.5 Å². The van der Waals surface area contributed by atoms with Gasteiger partial charge in [-0.15, -0.1) is 0 Å². The first-order valence-corrected chi connectivity index (χ1v) is 12.0. The zero-order valence-electron chi connectivity index (χ0n) is 20.9. The van der Waals surface area contributed by atoms with Crippen LogP contribution in [-0.4, -0.2) is 54.5 Å². The lowest BCUT2D eigenvalue weighted by molar-refractivity contribution is -0.129. The van der Waals surface area contributed by atoms with Crippen LogP contribution in [0, 0.1) is 0 Å². The molecule has 3 aromatic rings. The van der Waals surface area contributed by atoms with Crippen molar-refractivity contribution in [1.29, 1.82) is 0 Å². The Kier molecular flexibility index (Phi) is 9.95. The number of nitrogens with one attached hydrogen (secondary N) is 2. The number of hydrogen-bond donors (Lipinski definition) is 2. The summed E-state index contributed by atoms with van der Waals surface area (Å²) >= 11 is 0. The van der Waals surface area contributed by atoms with Crippen molar-refractivity contribution in [3.8, 4) is 5.75 Å². The Bertz CT molecular complexity index is 1300. The van der Waals surface area contributed by atoms with Gasteiger partial charge in [0.1, 0.15) is 11.4 Å². The second-order valence-electron chi connectivity index (χ2n) is 8.09. The fourth-order valence-electron chi connectivity index (χ4n) is 4.00. The quantitative estimate of drug-likeness (QED) is 0.220. The van der Waals surface area contributed by atoms with Crippen LogP contribution in [0.25, 0.3) is 22.2 Å². The van der Waals surface area contributed by atoms with Crippen LogP contribution in [0.5, 0.6) is 5.75 Å². The number of unbranched alkanes of at least 4 members (excludes halogenated alkanes) is 1. The smallest absolute Gasteiger partial charge is 0.293 e. The fraction of sp³-hybridized carbons (Fsp3) is 0.296. The number of nitrogens with zero attached hydrogens (tertiary/aromatic N) is 2. The maximum atomic E-state index is 12.8. The Labute approximate surface area is 214 Å². The molecule has 0 unspecified atom stereocenters. The van der Waals surface area contributed by atoms with E-state index in [0.29, 0.717) is 67.1 Å². The minimum Gasteiger partial charge on any atom is -0.496 e. The van der Waals surface area contributed by atoms with Crippen molar-refractivity contribution < 1.29 is 28.7 Å². The largest absolute Gasteiger partial charge is 0.496 e. The summed E-state index contributed by atoms with van der Waals surface area (Å²) in [5.74, 6) is -0.400. The van der Waals surface area contributed by atoms with Gasteiger partial charge >= 0.3 is 0 Å². The summed E-state index contributed by atoms with van der Waals surface area (Å²) in [5.41, 5.74) is 2.47. The van der Waals surface area contributed by atoms with Gasteiger partial charge in [-0.05, 0) is 31.0 Å². The molecule has 0 radical (unpaired) electrons. The third-order valence-electron chi connectivity index (χ3n) is 5.70. The predicted octanol–water partition coefficient (Wildman–Crippen LogP) is 2.71. The second kappa shape index (κ2) is 13.6. The van der Waals surface area contributed by atoms with E-state index >= 15 is 0 Å². The number of ether oxygens (including phenoxy) is 2. The number of para-hydroxylation sites is 1. The van der Waals surface area contributed by atoms with Crippen LogP contribution >= 0.6 is 0 Å². The van der Waals surface area contributed by atoms with Gasteiger partial charge in [0.25, 0.3) is 18.3 Å². The Balaban J connectivity index is 0.000000479. The highest BCUT2D eigenvalue weighted by molar-refractivity contribution is 6.50. The molecule has 0 fully saturated rings. The molecule has 1 aliphatic rings. The van der Waals surface area contributed by atoms with E-state index in [2.05, 4.69) is 20.4 Å². The maximum Gasteiger partial charge on any atom is 0.293 e. The van der Waals surface area contributed by atoms with Crippen LogP contribution in [0.1, 0.15) is 37.3 Å². The summed E-state index contributed by atoms with van der Waals surface area (Å²) in [6.45, 7) is 4.23. The first-order chi connectivity index (χ1) is 18.1. The van der Waals surface area contributed by atoms with E-state index in [1.807, 2.05) is 23.8 Å². The molecule has 0 aliphatic carbocycles. The van der Waals surface area contributed by atoms with Gasteiger partial charge in [0.15, 0.2) is 0 Å². The zero-order chi connectivity index (χ0) is 26.6. The molecule has 0 saturated carbocycles. The van der Waals surface area contributed by atoms with E-state index in [-0.39, 0.29) is 5.57 Å². The number of aromatic nitrogens is 2. The molecule has 2 N–H and O–H groups in total. The third kappa shape index (κ3) is 6.40. The van der Waals surface area contributed by atoms with E-state index in [1.54, 1.807) is 36.5 Å². The molecule has 0 bridgehead atoms. The van der Waals surface area contributed by atoms with E-state index < -0.39 is 11.8 Å². The molecular weight excluding hydrogens is 476 g/mol. The molecule has 1 aromatic carbocycles. The molecule has 2 aromatic heterocycles. The molecular formula is C27H30N4O6. The van der Waals surface area contributed by atoms with Crippen LogP contribution in [0.3, 0.4) is 0 Å². The van der Waals surface area contributed by atoms with Gasteiger partial charge in [-0.25, -0.2) is 4.98 Å². The van der Waals surface area contributed by atoms with Gasteiger partial charge < -0.3 is 19.4 Å². The van der Waals surface area contributed by atoms with Crippen LogP contribution in [0.15, 0.2) is 48.8 Å². The van der Waals surface area contributed by atoms with Crippen LogP contribution < -0.4 is 15.4 Å². The number of rotatable bonds is 12. The lowest BCUT2D eigenvalue weighted by atomic mass is 9.96. The zero-order valence-corrected chi connectivity index (χ0v) is 20.9. The van der Waals surface area contributed by atoms with E-state index in [1.165, 1.54) is 7.11 Å². The molecule has 3 heterocycles. The van der Waals surface area contributed by atoms with Crippen LogP contribution in [0.2, 0.25) is 0 Å². The number of carbonyl (C=O) groups is 4. The molecule has 10 nitrogen and oxygen atoms in total. The molecule has 37 heavy (non-hydrogen) atoms. The van der Waals surface area contributed by atoms with E-state index in [0.717, 1.165) is 18.2 Å². The van der Waals surface area contributed by atoms with Gasteiger partial charge in [0, 0.05) is 42.0 Å². The normalized spacial score (nSPS) is 12.6. The summed E-state index contributed by atoms with van der Waals surface area (Å²) in [4.78, 5) is 49.9. The number of hydrogen-bond acceptors (Lipinski definition) is 7. The highest BCUT2D eigenvalue weighted by atomic mass is 16.5. The van der Waals surface area contributed by atoms with E-state index in [9.17, 15) is 19.2 Å². The SMILES string of the molecule is CCCCOC=O.COc1ccccc1C1=C(c2cn(CCCNC=O)c3ncccc23)C(=O)NC1=O. The monoisotopic (exact) mass is 506 g/mol. The van der Waals surface area contributed by atoms with Crippen molar-refractivity contribution in [2.75, 3.05) is 20.3 Å². The summed E-state index contributed by atoms with van der Waals surface area (Å²) < 4.78 is 11.7. The molecule has 3 amide bonds. The fourth-order valence-corrected chi connectivity index (χ4v) is 4.00. The van der Waals surface area contributed by atoms with Crippen molar-refractivity contribution >= 4 is 46.9 Å². The number of pyridine rings is 1. The van der Waals surface area contributed by atoms with Crippen molar-refractivity contribution in [2.45, 2.75) is 32.7 Å². The van der Waals surface area contributed by atoms with Crippen molar-refractivity contribution in [2.24, 2.45) is 0 Å². The maximum absolute atomic E-state index is 12.8. The van der Waals surface area contributed by atoms with E-state index in [4.69, 9.17) is 4.74 Å². The minimum absolute atomic E-state index is 0.281. The number of carbonyl (C=O) groups excluding carboxylic acids is 4. The summed E-state index contributed by atoms with van der Waals surface area (Å²) in [7, 11) is 1.52. The number of benzene rings is 1. The molecule has 10 heteroatoms. The summed E-state index contributed by atoms with van der Waals surface area (Å²) in [6.07, 6.45) is 6.92. The Morgan fingerprint density at radius 1 is 1.03 bits per heavy atom. The average Bonchev–Trinajstić information content (AvgIpc) is 3.42. The summed E-state index contributed by atoms with van der Waals surface area (Å²) in [5, 5.41) is 5.82. The Morgan fingerprint density at radius 3 is 2.49 bits per heavy atom. The number of fused-ring (bicyclic) bond motifs is 1. The van der Waals surface area contributed by atoms with Crippen LogP contribution in [0.4, 0.5) is 0 Å². The molecule has 4 rings (SSSR count). The minimum atomic E-state index is -0.459. The number of methoxy groups -OCH3 is 1. The molecule has 0 spiro atoms. The molecule has 1 aliphatic heterocycles. The molecule has 0 atom stereocenters. The van der Waals surface area contributed by atoms with Crippen molar-refractivity contribution in [1.82, 2.24) is 20.2 Å². The molecule has 194 valence electrons. The Morgan fingerprint density at radius 2 is 1.78 bits per heavy atom. The second-order valence-corrected chi connectivity index (χ2v) is 8.09. The predicted molar refractivity (Wildman–Crippen MR) is 138 cm³/mol. The number of imide groups is 1. The average molecular weight is 507 g/mol. The highest BCUT2D eigenvalue weighted by Gasteiger charge is 2.35. The third-order valence-corrected chi connectivity index (χ3v) is 5.70. The summed E-state index contributed by atoms with van der Waals surface area (Å²) in [6, 6.07) is 10.8. The first-order valence-electron chi connectivity index (χ1n) is 12.0. The van der Waals surface area contributed by atoms with Crippen molar-refractivity contribution in [3.63, 3.8) is 0 Å². The van der Waals surface area contributed by atoms with Crippen molar-refractivity contribution in [3.05, 3.63) is 59.9 Å². The highest BCUT2D eigenvalue weighted by Crippen LogP contribution is 2.38. The first kappa shape index (κ1) is 27.1. The molecule has 0 saturated heterocycles. The number of amides is 3. The Hall–Kier alpha value is -4.47. The lowest BCUT2D eigenvalue weighted by Crippen LogP contribution is -2.22. The van der Waals surface area contributed by atoms with Gasteiger partial charge in [0.2, 0.25) is 6.41 Å². The standard InChI is InChI=1S/C22H20N4O4.C5H10O2/c1-30-17-8-3-2-6-15(17)18-19(22(29)25-21(18)28)16-12-26(11-5-9-23-13-27)20-14(16)7-4-10-24-20;1-2-3-4-7-5-6/h2-4,6-8,10,12-13H,5,9,11H2,1H3,(H,23,27)(H,25,28,29);5H,2-4H2,1H3. The van der Waals surface area contributed by atoms with Crippen LogP contribution in [-0.2, 0) is 30.5 Å². The van der Waals surface area contributed by atoms with Gasteiger partial charge in [0.05, 0.1) is 24.9 Å². The topological polar surface area (TPSA) is 129 Å². The number of aryl methyl sites for hydroxylation is 1.